The zero-order chi connectivity index (χ0) is 15.2. The minimum absolute atomic E-state index is 0.870. The first kappa shape index (κ1) is 15.8. The van der Waals surface area contributed by atoms with Crippen molar-refractivity contribution in [3.05, 3.63) is 52.3 Å². The number of benzene rings is 1. The Bertz CT molecular complexity index is 584. The second-order valence-corrected chi connectivity index (χ2v) is 5.44. The largest absolute Gasteiger partial charge is 0.313 e. The average molecular weight is 285 g/mol. The number of aromatic nitrogens is 2. The zero-order valence-electron chi connectivity index (χ0n) is 13.7. The van der Waals surface area contributed by atoms with Crippen LogP contribution in [-0.4, -0.2) is 16.3 Å². The summed E-state index contributed by atoms with van der Waals surface area (Å²) >= 11 is 0. The van der Waals surface area contributed by atoms with Crippen molar-refractivity contribution in [3.63, 3.8) is 0 Å². The molecule has 0 atom stereocenters. The van der Waals surface area contributed by atoms with Crippen LogP contribution < -0.4 is 5.32 Å². The summed E-state index contributed by atoms with van der Waals surface area (Å²) in [7, 11) is 0. The highest BCUT2D eigenvalue weighted by atomic mass is 15.3. The predicted octanol–water partition coefficient (Wildman–Crippen LogP) is 3.47. The summed E-state index contributed by atoms with van der Waals surface area (Å²) in [6.07, 6.45) is 2.02. The van der Waals surface area contributed by atoms with Crippen LogP contribution in [0, 0.1) is 6.92 Å². The molecule has 0 saturated heterocycles. The van der Waals surface area contributed by atoms with Gasteiger partial charge >= 0.3 is 0 Å². The van der Waals surface area contributed by atoms with E-state index in [0.717, 1.165) is 32.5 Å². The van der Waals surface area contributed by atoms with Crippen LogP contribution in [0.5, 0.6) is 0 Å². The molecule has 3 nitrogen and oxygen atoms in total. The van der Waals surface area contributed by atoms with Gasteiger partial charge in [-0.2, -0.15) is 5.10 Å². The summed E-state index contributed by atoms with van der Waals surface area (Å²) in [5, 5.41) is 8.31. The number of aryl methyl sites for hydroxylation is 2. The van der Waals surface area contributed by atoms with Gasteiger partial charge in [0.2, 0.25) is 0 Å². The minimum atomic E-state index is 0.870. The number of hydrogen-bond donors (Lipinski definition) is 1. The molecule has 2 aromatic rings. The molecule has 1 aromatic heterocycles. The van der Waals surface area contributed by atoms with Gasteiger partial charge in [0.15, 0.2) is 0 Å². The van der Waals surface area contributed by atoms with Crippen molar-refractivity contribution >= 4 is 0 Å². The van der Waals surface area contributed by atoms with E-state index < -0.39 is 0 Å². The lowest BCUT2D eigenvalue weighted by molar-refractivity contribution is 0.635. The summed E-state index contributed by atoms with van der Waals surface area (Å²) in [6, 6.07) is 8.57. The standard InChI is InChI=1S/C18H27N3/c1-5-17-16(12-19-7-3)18(6-2)21(20-17)13-15-11-9-8-10-14(15)4/h8-11,19H,5-7,12-13H2,1-4H3. The maximum Gasteiger partial charge on any atom is 0.0669 e. The molecule has 0 bridgehead atoms. The van der Waals surface area contributed by atoms with Crippen molar-refractivity contribution in [2.24, 2.45) is 0 Å². The van der Waals surface area contributed by atoms with Crippen molar-refractivity contribution in [2.75, 3.05) is 6.54 Å². The Morgan fingerprint density at radius 3 is 2.48 bits per heavy atom. The highest BCUT2D eigenvalue weighted by Gasteiger charge is 2.15. The van der Waals surface area contributed by atoms with Gasteiger partial charge in [-0.1, -0.05) is 45.0 Å². The third-order valence-corrected chi connectivity index (χ3v) is 4.05. The molecule has 1 heterocycles. The maximum atomic E-state index is 4.87. The van der Waals surface area contributed by atoms with Gasteiger partial charge in [0, 0.05) is 17.8 Å². The van der Waals surface area contributed by atoms with Crippen molar-refractivity contribution in [3.8, 4) is 0 Å². The average Bonchev–Trinajstić information content (AvgIpc) is 2.84. The Kier molecular flexibility index (Phi) is 5.57. The predicted molar refractivity (Wildman–Crippen MR) is 88.6 cm³/mol. The Morgan fingerprint density at radius 1 is 1.10 bits per heavy atom. The first-order chi connectivity index (χ1) is 10.2. The summed E-state index contributed by atoms with van der Waals surface area (Å²) < 4.78 is 2.20. The fraction of sp³-hybridized carbons (Fsp3) is 0.500. The maximum absolute atomic E-state index is 4.87. The first-order valence-corrected chi connectivity index (χ1v) is 8.03. The van der Waals surface area contributed by atoms with Crippen LogP contribution in [0.15, 0.2) is 24.3 Å². The van der Waals surface area contributed by atoms with E-state index >= 15 is 0 Å². The summed E-state index contributed by atoms with van der Waals surface area (Å²) in [5.74, 6) is 0. The highest BCUT2D eigenvalue weighted by Crippen LogP contribution is 2.19. The van der Waals surface area contributed by atoms with E-state index in [2.05, 4.69) is 62.0 Å². The topological polar surface area (TPSA) is 29.9 Å². The van der Waals surface area contributed by atoms with Gasteiger partial charge in [0.25, 0.3) is 0 Å². The van der Waals surface area contributed by atoms with Crippen molar-refractivity contribution < 1.29 is 0 Å². The fourth-order valence-electron chi connectivity index (χ4n) is 2.80. The number of nitrogens with zero attached hydrogens (tertiary/aromatic N) is 2. The normalized spacial score (nSPS) is 11.0. The van der Waals surface area contributed by atoms with Crippen LogP contribution in [0.1, 0.15) is 48.8 Å². The zero-order valence-corrected chi connectivity index (χ0v) is 13.7. The molecule has 0 amide bonds. The smallest absolute Gasteiger partial charge is 0.0669 e. The third kappa shape index (κ3) is 3.53. The minimum Gasteiger partial charge on any atom is -0.313 e. The van der Waals surface area contributed by atoms with E-state index in [9.17, 15) is 0 Å². The molecule has 2 rings (SSSR count). The molecule has 1 aromatic carbocycles. The lowest BCUT2D eigenvalue weighted by Crippen LogP contribution is -2.14. The van der Waals surface area contributed by atoms with Crippen molar-refractivity contribution in [1.82, 2.24) is 15.1 Å². The second kappa shape index (κ2) is 7.41. The van der Waals surface area contributed by atoms with E-state index in [0.29, 0.717) is 0 Å². The van der Waals surface area contributed by atoms with E-state index in [4.69, 9.17) is 5.10 Å². The molecule has 0 unspecified atom stereocenters. The van der Waals surface area contributed by atoms with Gasteiger partial charge in [-0.15, -0.1) is 0 Å². The van der Waals surface area contributed by atoms with Gasteiger partial charge < -0.3 is 5.32 Å². The summed E-state index contributed by atoms with van der Waals surface area (Å²) in [6.45, 7) is 11.5. The molecule has 0 aliphatic heterocycles. The molecule has 0 spiro atoms. The van der Waals surface area contributed by atoms with Gasteiger partial charge in [-0.3, -0.25) is 4.68 Å². The van der Waals surface area contributed by atoms with Crippen LogP contribution in [-0.2, 0) is 25.9 Å². The Balaban J connectivity index is 2.35. The fourth-order valence-corrected chi connectivity index (χ4v) is 2.80. The lowest BCUT2D eigenvalue weighted by Gasteiger charge is -2.10. The van der Waals surface area contributed by atoms with E-state index in [1.807, 2.05) is 0 Å². The first-order valence-electron chi connectivity index (χ1n) is 8.03. The Morgan fingerprint density at radius 2 is 1.86 bits per heavy atom. The molecule has 3 heteroatoms. The van der Waals surface area contributed by atoms with Gasteiger partial charge in [-0.25, -0.2) is 0 Å². The molecular formula is C18H27N3. The molecule has 21 heavy (non-hydrogen) atoms. The van der Waals surface area contributed by atoms with Gasteiger partial charge in [-0.05, 0) is 37.4 Å². The molecule has 114 valence electrons. The van der Waals surface area contributed by atoms with Crippen molar-refractivity contribution in [2.45, 2.75) is 53.6 Å². The molecule has 0 aliphatic rings. The number of hydrogen-bond acceptors (Lipinski definition) is 2. The van der Waals surface area contributed by atoms with E-state index in [1.165, 1.54) is 28.1 Å². The molecule has 0 aliphatic carbocycles. The number of rotatable bonds is 7. The van der Waals surface area contributed by atoms with Crippen LogP contribution in [0.3, 0.4) is 0 Å². The molecule has 1 N–H and O–H groups in total. The van der Waals surface area contributed by atoms with Crippen molar-refractivity contribution in [1.29, 1.82) is 0 Å². The quantitative estimate of drug-likeness (QED) is 0.844. The van der Waals surface area contributed by atoms with Crippen LogP contribution in [0.2, 0.25) is 0 Å². The summed E-state index contributed by atoms with van der Waals surface area (Å²) in [4.78, 5) is 0. The monoisotopic (exact) mass is 285 g/mol. The number of nitrogens with one attached hydrogen (secondary N) is 1. The lowest BCUT2D eigenvalue weighted by atomic mass is 10.1. The molecule has 0 radical (unpaired) electrons. The van der Waals surface area contributed by atoms with Gasteiger partial charge in [0.05, 0.1) is 12.2 Å². The molecular weight excluding hydrogens is 258 g/mol. The second-order valence-electron chi connectivity index (χ2n) is 5.44. The van der Waals surface area contributed by atoms with E-state index in [-0.39, 0.29) is 0 Å². The molecule has 0 fully saturated rings. The Hall–Kier alpha value is -1.61. The van der Waals surface area contributed by atoms with Gasteiger partial charge in [0.1, 0.15) is 0 Å². The van der Waals surface area contributed by atoms with Crippen LogP contribution in [0.4, 0.5) is 0 Å². The summed E-state index contributed by atoms with van der Waals surface area (Å²) in [5.41, 5.74) is 6.70. The third-order valence-electron chi connectivity index (χ3n) is 4.05. The van der Waals surface area contributed by atoms with E-state index in [1.54, 1.807) is 0 Å². The SMILES string of the molecule is CCNCc1c(CC)nn(Cc2ccccc2C)c1CC. The highest BCUT2D eigenvalue weighted by molar-refractivity contribution is 5.30. The van der Waals surface area contributed by atoms with Crippen LogP contribution in [0.25, 0.3) is 0 Å². The Labute approximate surface area is 128 Å². The molecule has 0 saturated carbocycles. The van der Waals surface area contributed by atoms with Crippen LogP contribution >= 0.6 is 0 Å².